The first kappa shape index (κ1) is 14.8. The van der Waals surface area contributed by atoms with Gasteiger partial charge in [0.05, 0.1) is 0 Å². The van der Waals surface area contributed by atoms with Crippen molar-refractivity contribution < 1.29 is 4.74 Å². The average molecular weight is 307 g/mol. The summed E-state index contributed by atoms with van der Waals surface area (Å²) in [6.07, 6.45) is 5.26. The highest BCUT2D eigenvalue weighted by atomic mass is 16.5. The van der Waals surface area contributed by atoms with Crippen LogP contribution in [0.25, 0.3) is 0 Å². The van der Waals surface area contributed by atoms with Crippen LogP contribution in [0.15, 0.2) is 54.6 Å². The second-order valence-corrected chi connectivity index (χ2v) is 6.98. The normalized spacial score (nSPS) is 23.3. The highest BCUT2D eigenvalue weighted by Gasteiger charge is 2.37. The van der Waals surface area contributed by atoms with Crippen molar-refractivity contribution in [2.45, 2.75) is 31.7 Å². The summed E-state index contributed by atoms with van der Waals surface area (Å²) in [5.74, 6) is 1.96. The fourth-order valence-corrected chi connectivity index (χ4v) is 4.12. The Balaban J connectivity index is 1.25. The van der Waals surface area contributed by atoms with Crippen LogP contribution in [0.3, 0.4) is 0 Å². The van der Waals surface area contributed by atoms with Gasteiger partial charge in [0, 0.05) is 19.1 Å². The van der Waals surface area contributed by atoms with Crippen LogP contribution in [0.2, 0.25) is 0 Å². The van der Waals surface area contributed by atoms with E-state index in [9.17, 15) is 0 Å². The minimum Gasteiger partial charge on any atom is -0.492 e. The first-order valence-electron chi connectivity index (χ1n) is 8.86. The van der Waals surface area contributed by atoms with E-state index in [4.69, 9.17) is 4.74 Å². The van der Waals surface area contributed by atoms with Gasteiger partial charge in [-0.15, -0.1) is 0 Å². The van der Waals surface area contributed by atoms with Crippen molar-refractivity contribution in [3.05, 3.63) is 65.7 Å². The molecule has 1 saturated heterocycles. The molecule has 2 nitrogen and oxygen atoms in total. The molecule has 2 atom stereocenters. The summed E-state index contributed by atoms with van der Waals surface area (Å²) in [6.45, 7) is 3.18. The van der Waals surface area contributed by atoms with Gasteiger partial charge in [0.25, 0.3) is 0 Å². The summed E-state index contributed by atoms with van der Waals surface area (Å²) in [5, 5.41) is 0. The number of likely N-dealkylation sites (tertiary alicyclic amines) is 1. The highest BCUT2D eigenvalue weighted by Crippen LogP contribution is 2.36. The van der Waals surface area contributed by atoms with E-state index in [2.05, 4.69) is 59.5 Å². The van der Waals surface area contributed by atoms with Crippen LogP contribution in [0.4, 0.5) is 0 Å². The van der Waals surface area contributed by atoms with Crippen LogP contribution < -0.4 is 4.74 Å². The molecule has 1 heterocycles. The number of hydrogen-bond donors (Lipinski definition) is 0. The predicted octanol–water partition coefficient (Wildman–Crippen LogP) is 4.14. The van der Waals surface area contributed by atoms with Gasteiger partial charge in [0.2, 0.25) is 0 Å². The summed E-state index contributed by atoms with van der Waals surface area (Å²) >= 11 is 0. The largest absolute Gasteiger partial charge is 0.492 e. The van der Waals surface area contributed by atoms with E-state index in [1.807, 2.05) is 0 Å². The van der Waals surface area contributed by atoms with Gasteiger partial charge in [0.1, 0.15) is 12.4 Å². The number of ether oxygens (including phenoxy) is 1. The van der Waals surface area contributed by atoms with E-state index < -0.39 is 0 Å². The van der Waals surface area contributed by atoms with Crippen molar-refractivity contribution >= 4 is 0 Å². The molecule has 2 aromatic rings. The van der Waals surface area contributed by atoms with Crippen molar-refractivity contribution in [2.24, 2.45) is 5.92 Å². The molecule has 1 aliphatic carbocycles. The molecule has 1 aliphatic heterocycles. The van der Waals surface area contributed by atoms with E-state index in [1.54, 1.807) is 0 Å². The lowest BCUT2D eigenvalue weighted by Crippen LogP contribution is -2.35. The third-order valence-electron chi connectivity index (χ3n) is 5.34. The smallest absolute Gasteiger partial charge is 0.119 e. The Kier molecular flexibility index (Phi) is 4.34. The van der Waals surface area contributed by atoms with Gasteiger partial charge in [-0.05, 0) is 54.9 Å². The highest BCUT2D eigenvalue weighted by molar-refractivity contribution is 5.31. The van der Waals surface area contributed by atoms with Gasteiger partial charge in [-0.3, -0.25) is 4.90 Å². The Hall–Kier alpha value is -1.80. The SMILES string of the molecule is c1ccc(Cc2ccc(OCCN3CC4CCC3C4)cc2)cc1. The summed E-state index contributed by atoms with van der Waals surface area (Å²) in [5.41, 5.74) is 2.69. The van der Waals surface area contributed by atoms with Gasteiger partial charge < -0.3 is 4.74 Å². The topological polar surface area (TPSA) is 12.5 Å². The third kappa shape index (κ3) is 3.59. The summed E-state index contributed by atoms with van der Waals surface area (Å²) in [7, 11) is 0. The molecule has 23 heavy (non-hydrogen) atoms. The van der Waals surface area contributed by atoms with Gasteiger partial charge in [-0.25, -0.2) is 0 Å². The minimum atomic E-state index is 0.807. The van der Waals surface area contributed by atoms with Crippen LogP contribution in [-0.2, 0) is 6.42 Å². The molecule has 2 aromatic carbocycles. The van der Waals surface area contributed by atoms with Crippen LogP contribution >= 0.6 is 0 Å². The Morgan fingerprint density at radius 1 is 0.913 bits per heavy atom. The van der Waals surface area contributed by atoms with Crippen LogP contribution in [-0.4, -0.2) is 30.6 Å². The molecular weight excluding hydrogens is 282 g/mol. The maximum absolute atomic E-state index is 5.94. The van der Waals surface area contributed by atoms with E-state index in [0.29, 0.717) is 0 Å². The fraction of sp³-hybridized carbons (Fsp3) is 0.429. The number of fused-ring (bicyclic) bond motifs is 2. The number of hydrogen-bond acceptors (Lipinski definition) is 2. The third-order valence-corrected chi connectivity index (χ3v) is 5.34. The second kappa shape index (κ2) is 6.76. The number of piperidine rings is 1. The molecule has 2 unspecified atom stereocenters. The summed E-state index contributed by atoms with van der Waals surface area (Å²) < 4.78 is 5.94. The number of nitrogens with zero attached hydrogens (tertiary/aromatic N) is 1. The molecule has 2 heteroatoms. The van der Waals surface area contributed by atoms with Crippen LogP contribution in [0.5, 0.6) is 5.75 Å². The van der Waals surface area contributed by atoms with Gasteiger partial charge in [-0.2, -0.15) is 0 Å². The molecule has 0 radical (unpaired) electrons. The maximum Gasteiger partial charge on any atom is 0.119 e. The van der Waals surface area contributed by atoms with Gasteiger partial charge >= 0.3 is 0 Å². The molecule has 0 spiro atoms. The minimum absolute atomic E-state index is 0.807. The molecule has 1 saturated carbocycles. The fourth-order valence-electron chi connectivity index (χ4n) is 4.12. The van der Waals surface area contributed by atoms with Crippen molar-refractivity contribution in [3.8, 4) is 5.75 Å². The van der Waals surface area contributed by atoms with Crippen molar-refractivity contribution in [1.82, 2.24) is 4.90 Å². The summed E-state index contributed by atoms with van der Waals surface area (Å²) in [6, 6.07) is 20.0. The van der Waals surface area contributed by atoms with Crippen molar-refractivity contribution in [1.29, 1.82) is 0 Å². The quantitative estimate of drug-likeness (QED) is 0.795. The van der Waals surface area contributed by atoms with Crippen molar-refractivity contribution in [2.75, 3.05) is 19.7 Å². The van der Waals surface area contributed by atoms with E-state index >= 15 is 0 Å². The average Bonchev–Trinajstić information content (AvgIpc) is 3.20. The standard InChI is InChI=1S/C21H25NO/c1-2-4-17(5-3-1)14-18-7-10-21(11-8-18)23-13-12-22-16-19-6-9-20(22)15-19/h1-5,7-8,10-11,19-20H,6,9,12-16H2. The lowest BCUT2D eigenvalue weighted by Gasteiger charge is -2.26. The van der Waals surface area contributed by atoms with Gasteiger partial charge in [0.15, 0.2) is 0 Å². The monoisotopic (exact) mass is 307 g/mol. The van der Waals surface area contributed by atoms with E-state index in [-0.39, 0.29) is 0 Å². The predicted molar refractivity (Wildman–Crippen MR) is 93.9 cm³/mol. The van der Waals surface area contributed by atoms with E-state index in [0.717, 1.165) is 37.3 Å². The Morgan fingerprint density at radius 2 is 1.70 bits per heavy atom. The molecule has 4 rings (SSSR count). The zero-order valence-electron chi connectivity index (χ0n) is 13.7. The lowest BCUT2D eigenvalue weighted by atomic mass is 10.1. The summed E-state index contributed by atoms with van der Waals surface area (Å²) in [4.78, 5) is 2.62. The number of benzene rings is 2. The first-order chi connectivity index (χ1) is 11.4. The second-order valence-electron chi connectivity index (χ2n) is 6.98. The Bertz CT molecular complexity index is 622. The van der Waals surface area contributed by atoms with Crippen molar-refractivity contribution in [3.63, 3.8) is 0 Å². The molecule has 0 amide bonds. The van der Waals surface area contributed by atoms with Crippen LogP contribution in [0, 0.1) is 5.92 Å². The molecule has 120 valence electrons. The molecule has 2 fully saturated rings. The van der Waals surface area contributed by atoms with E-state index in [1.165, 1.54) is 36.9 Å². The molecule has 2 aliphatic rings. The molecular formula is C21H25NO. The number of rotatable bonds is 6. The maximum atomic E-state index is 5.94. The van der Waals surface area contributed by atoms with Crippen LogP contribution in [0.1, 0.15) is 30.4 Å². The zero-order valence-corrected chi connectivity index (χ0v) is 13.7. The zero-order chi connectivity index (χ0) is 15.5. The Morgan fingerprint density at radius 3 is 2.39 bits per heavy atom. The molecule has 0 N–H and O–H groups in total. The molecule has 2 bridgehead atoms. The molecule has 0 aromatic heterocycles. The van der Waals surface area contributed by atoms with Gasteiger partial charge in [-0.1, -0.05) is 42.5 Å². The lowest BCUT2D eigenvalue weighted by molar-refractivity contribution is 0.172. The Labute approximate surface area is 139 Å². The first-order valence-corrected chi connectivity index (χ1v) is 8.86.